The number of esters is 1. The maximum atomic E-state index is 11.4. The molecule has 144 valence electrons. The van der Waals surface area contributed by atoms with Crippen molar-refractivity contribution in [2.45, 2.75) is 20.3 Å². The molecule has 0 spiro atoms. The number of benzene rings is 2. The first kappa shape index (κ1) is 19.4. The Hall–Kier alpha value is -3.33. The first-order chi connectivity index (χ1) is 13.5. The average molecular weight is 373 g/mol. The lowest BCUT2D eigenvalue weighted by molar-refractivity contribution is -0.135. The highest BCUT2D eigenvalue weighted by atomic mass is 16.5. The number of nitrogens with one attached hydrogen (secondary N) is 1. The van der Waals surface area contributed by atoms with E-state index in [1.807, 2.05) is 18.2 Å². The van der Waals surface area contributed by atoms with Crippen molar-refractivity contribution in [1.82, 2.24) is 4.98 Å². The Labute approximate surface area is 167 Å². The molecule has 2 aromatic carbocycles. The van der Waals surface area contributed by atoms with Gasteiger partial charge in [0.2, 0.25) is 0 Å². The van der Waals surface area contributed by atoms with Crippen LogP contribution in [-0.4, -0.2) is 18.1 Å². The topological polar surface area (TPSA) is 42.1 Å². The van der Waals surface area contributed by atoms with E-state index in [1.165, 1.54) is 34.8 Å². The highest BCUT2D eigenvalue weighted by molar-refractivity contribution is 5.92. The molecule has 3 aromatic rings. The lowest BCUT2D eigenvalue weighted by Gasteiger charge is -2.06. The molecule has 1 heterocycles. The number of rotatable bonds is 6. The van der Waals surface area contributed by atoms with Crippen LogP contribution in [0.1, 0.15) is 19.5 Å². The maximum absolute atomic E-state index is 11.4. The van der Waals surface area contributed by atoms with Gasteiger partial charge in [-0.05, 0) is 49.1 Å². The molecule has 0 aliphatic heterocycles. The van der Waals surface area contributed by atoms with Crippen LogP contribution < -0.4 is 0 Å². The van der Waals surface area contributed by atoms with E-state index in [1.54, 1.807) is 6.08 Å². The molecule has 0 saturated carbocycles. The molecule has 0 aliphatic rings. The molecular weight excluding hydrogens is 346 g/mol. The average Bonchev–Trinajstić information content (AvgIpc) is 3.05. The van der Waals surface area contributed by atoms with Gasteiger partial charge in [-0.1, -0.05) is 66.8 Å². The van der Waals surface area contributed by atoms with Crippen LogP contribution in [-0.2, 0) is 16.0 Å². The molecule has 0 aliphatic carbocycles. The summed E-state index contributed by atoms with van der Waals surface area (Å²) in [5.41, 5.74) is 7.50. The number of hydrogen-bond acceptors (Lipinski definition) is 2. The number of hydrogen-bond donors (Lipinski definition) is 1. The number of carbonyl (C=O) groups is 1. The molecule has 0 amide bonds. The summed E-state index contributed by atoms with van der Waals surface area (Å²) in [4.78, 5) is 15.0. The second kappa shape index (κ2) is 8.57. The van der Waals surface area contributed by atoms with Crippen molar-refractivity contribution in [3.05, 3.63) is 95.6 Å². The summed E-state index contributed by atoms with van der Waals surface area (Å²) in [6.45, 7) is 7.90. The highest BCUT2D eigenvalue weighted by Crippen LogP contribution is 2.32. The molecule has 0 saturated heterocycles. The van der Waals surface area contributed by atoms with Gasteiger partial charge in [0.15, 0.2) is 0 Å². The highest BCUT2D eigenvalue weighted by Gasteiger charge is 2.13. The summed E-state index contributed by atoms with van der Waals surface area (Å²) in [7, 11) is 1.35. The molecule has 3 rings (SSSR count). The molecule has 28 heavy (non-hydrogen) atoms. The van der Waals surface area contributed by atoms with Crippen LogP contribution in [0.2, 0.25) is 0 Å². The summed E-state index contributed by atoms with van der Waals surface area (Å²) in [6, 6.07) is 16.9. The van der Waals surface area contributed by atoms with Gasteiger partial charge in [-0.2, -0.15) is 0 Å². The van der Waals surface area contributed by atoms with Gasteiger partial charge in [-0.25, -0.2) is 4.79 Å². The lowest BCUT2D eigenvalue weighted by Crippen LogP contribution is -2.00. The Morgan fingerprint density at radius 1 is 1.21 bits per heavy atom. The number of aromatic nitrogens is 1. The van der Waals surface area contributed by atoms with Crippen molar-refractivity contribution in [2.75, 3.05) is 7.11 Å². The van der Waals surface area contributed by atoms with E-state index in [0.717, 1.165) is 17.6 Å². The van der Waals surface area contributed by atoms with E-state index >= 15 is 0 Å². The van der Waals surface area contributed by atoms with Gasteiger partial charge >= 0.3 is 5.97 Å². The number of carbonyl (C=O) groups excluding carboxylic acids is 1. The molecule has 0 radical (unpaired) electrons. The van der Waals surface area contributed by atoms with E-state index in [-0.39, 0.29) is 1.43 Å². The van der Waals surface area contributed by atoms with E-state index in [0.29, 0.717) is 5.57 Å². The fraction of sp³-hybridized carbons (Fsp3) is 0.160. The number of methoxy groups -OCH3 is 1. The van der Waals surface area contributed by atoms with Crippen LogP contribution >= 0.6 is 0 Å². The number of ether oxygens (including phenoxy) is 1. The quantitative estimate of drug-likeness (QED) is 0.319. The summed E-state index contributed by atoms with van der Waals surface area (Å²) in [6.07, 6.45) is 6.33. The zero-order valence-corrected chi connectivity index (χ0v) is 16.6. The second-order valence-electron chi connectivity index (χ2n) is 6.96. The zero-order valence-electron chi connectivity index (χ0n) is 16.6. The smallest absolute Gasteiger partial charge is 0.337 e. The first-order valence-corrected chi connectivity index (χ1v) is 9.27. The van der Waals surface area contributed by atoms with E-state index < -0.39 is 5.97 Å². The number of fused-ring (bicyclic) bond motifs is 1. The maximum Gasteiger partial charge on any atom is 0.337 e. The summed E-state index contributed by atoms with van der Waals surface area (Å²) in [5.74, 6) is -0.416. The van der Waals surface area contributed by atoms with Crippen molar-refractivity contribution in [3.8, 4) is 11.3 Å². The van der Waals surface area contributed by atoms with E-state index in [4.69, 9.17) is 0 Å². The molecule has 1 aromatic heterocycles. The number of aryl methyl sites for hydroxylation is 1. The van der Waals surface area contributed by atoms with Gasteiger partial charge < -0.3 is 9.72 Å². The molecule has 0 bridgehead atoms. The third-order valence-corrected chi connectivity index (χ3v) is 4.71. The van der Waals surface area contributed by atoms with Crippen LogP contribution in [0.25, 0.3) is 22.2 Å². The van der Waals surface area contributed by atoms with Crippen molar-refractivity contribution in [3.63, 3.8) is 0 Å². The van der Waals surface area contributed by atoms with Gasteiger partial charge in [0.25, 0.3) is 0 Å². The number of allylic oxidation sites excluding steroid dienone is 3. The third-order valence-electron chi connectivity index (χ3n) is 4.71. The Morgan fingerprint density at radius 3 is 2.68 bits per heavy atom. The first-order valence-electron chi connectivity index (χ1n) is 9.27. The molecule has 0 unspecified atom stereocenters. The van der Waals surface area contributed by atoms with Crippen molar-refractivity contribution >= 4 is 16.9 Å². The second-order valence-corrected chi connectivity index (χ2v) is 6.96. The summed E-state index contributed by atoms with van der Waals surface area (Å²) in [5, 5.41) is 1.24. The molecule has 0 atom stereocenters. The molecular formula is C25H27NO2. The zero-order chi connectivity index (χ0) is 20.1. The van der Waals surface area contributed by atoms with Crippen LogP contribution in [0.5, 0.6) is 0 Å². The Balaban J connectivity index is 0.00000300. The van der Waals surface area contributed by atoms with E-state index in [9.17, 15) is 4.79 Å². The monoisotopic (exact) mass is 373 g/mol. The van der Waals surface area contributed by atoms with E-state index in [2.05, 4.69) is 72.6 Å². The Bertz CT molecular complexity index is 1070. The van der Waals surface area contributed by atoms with Crippen LogP contribution in [0.3, 0.4) is 0 Å². The molecule has 0 fully saturated rings. The number of H-pyrrole nitrogens is 1. The van der Waals surface area contributed by atoms with Gasteiger partial charge in [0, 0.05) is 12.3 Å². The fourth-order valence-electron chi connectivity index (χ4n) is 3.27. The predicted molar refractivity (Wildman–Crippen MR) is 118 cm³/mol. The Kier molecular flexibility index (Phi) is 5.95. The largest absolute Gasteiger partial charge is 0.465 e. The van der Waals surface area contributed by atoms with Crippen LogP contribution in [0.4, 0.5) is 0 Å². The molecule has 3 heteroatoms. The van der Waals surface area contributed by atoms with Gasteiger partial charge in [0.1, 0.15) is 0 Å². The van der Waals surface area contributed by atoms with Crippen LogP contribution in [0, 0.1) is 6.92 Å². The normalized spacial score (nSPS) is 11.9. The third kappa shape index (κ3) is 4.32. The lowest BCUT2D eigenvalue weighted by atomic mass is 9.98. The summed E-state index contributed by atoms with van der Waals surface area (Å²) < 4.78 is 4.66. The molecule has 3 nitrogen and oxygen atoms in total. The van der Waals surface area contributed by atoms with Gasteiger partial charge in [-0.15, -0.1) is 0 Å². The molecule has 1 N–H and O–H groups in total. The summed E-state index contributed by atoms with van der Waals surface area (Å²) >= 11 is 0. The van der Waals surface area contributed by atoms with Crippen molar-refractivity contribution in [1.29, 1.82) is 0 Å². The predicted octanol–water partition coefficient (Wildman–Crippen LogP) is 6.16. The Morgan fingerprint density at radius 2 is 1.96 bits per heavy atom. The van der Waals surface area contributed by atoms with Crippen molar-refractivity contribution in [2.24, 2.45) is 0 Å². The minimum absolute atomic E-state index is 0. The minimum atomic E-state index is -0.416. The SMILES string of the molecule is C=C(/C=C\C=C(/C)Cc1c(-c2ccccc2)[nH]c2cc(C)ccc12)C(=O)OC.[HH]. The minimum Gasteiger partial charge on any atom is -0.465 e. The standard InChI is InChI=1S/C25H25NO2.H2/c1-17(9-8-10-19(3)25(27)28-4)15-22-21-14-13-18(2)16-23(21)26-24(22)20-11-6-5-7-12-20;/h5-14,16,26H,3,15H2,1-2,4H3;1H/b10-8-,17-9+;. The van der Waals surface area contributed by atoms with Crippen molar-refractivity contribution < 1.29 is 11.0 Å². The fourth-order valence-corrected chi connectivity index (χ4v) is 3.27. The van der Waals surface area contributed by atoms with Gasteiger partial charge in [0.05, 0.1) is 18.4 Å². The van der Waals surface area contributed by atoms with Crippen LogP contribution in [0.15, 0.2) is 84.5 Å². The number of aromatic amines is 1. The van der Waals surface area contributed by atoms with Gasteiger partial charge in [-0.3, -0.25) is 0 Å².